The Bertz CT molecular complexity index is 1280. The summed E-state index contributed by atoms with van der Waals surface area (Å²) in [6.45, 7) is 6.09. The molecular weight excluding hydrogens is 542 g/mol. The van der Waals surface area contributed by atoms with Crippen molar-refractivity contribution in [2.45, 2.75) is 39.0 Å². The quantitative estimate of drug-likeness (QED) is 0.136. The van der Waals surface area contributed by atoms with Crippen LogP contribution in [0.15, 0.2) is 71.1 Å². The molecule has 0 fully saturated rings. The predicted molar refractivity (Wildman–Crippen MR) is 157 cm³/mol. The number of dihydropyridines is 1. The van der Waals surface area contributed by atoms with Gasteiger partial charge in [0.1, 0.15) is 11.5 Å². The largest absolute Gasteiger partial charge is 0.494 e. The summed E-state index contributed by atoms with van der Waals surface area (Å²) in [5.41, 5.74) is 1.33. The molecule has 1 N–H and O–H groups in total. The summed E-state index contributed by atoms with van der Waals surface area (Å²) >= 11 is 0. The lowest BCUT2D eigenvalue weighted by atomic mass is 9.80. The number of nitrogens with zero attached hydrogens (tertiary/aromatic N) is 2. The number of para-hydroxylation sites is 1. The molecule has 11 heteroatoms. The van der Waals surface area contributed by atoms with Crippen molar-refractivity contribution in [3.63, 3.8) is 0 Å². The topological polar surface area (TPSA) is 129 Å². The Morgan fingerprint density at radius 1 is 0.881 bits per heavy atom. The summed E-state index contributed by atoms with van der Waals surface area (Å²) in [6.07, 6.45) is 2.49. The van der Waals surface area contributed by atoms with Crippen LogP contribution in [0.4, 0.5) is 5.69 Å². The minimum absolute atomic E-state index is 0.145. The van der Waals surface area contributed by atoms with Crippen LogP contribution in [0.3, 0.4) is 0 Å². The number of rotatable bonds is 15. The van der Waals surface area contributed by atoms with Crippen LogP contribution in [-0.4, -0.2) is 69.3 Å². The van der Waals surface area contributed by atoms with Gasteiger partial charge in [0, 0.05) is 35.6 Å². The molecule has 226 valence electrons. The van der Waals surface area contributed by atoms with Gasteiger partial charge in [-0.2, -0.15) is 0 Å². The second-order valence-corrected chi connectivity index (χ2v) is 9.97. The molecule has 0 spiro atoms. The van der Waals surface area contributed by atoms with E-state index in [1.807, 2.05) is 30.3 Å². The molecule has 0 atom stereocenters. The zero-order valence-corrected chi connectivity index (χ0v) is 24.8. The molecule has 2 aromatic rings. The minimum atomic E-state index is -0.995. The zero-order chi connectivity index (χ0) is 30.6. The van der Waals surface area contributed by atoms with Gasteiger partial charge in [-0.1, -0.05) is 18.2 Å². The van der Waals surface area contributed by atoms with Crippen LogP contribution in [0, 0.1) is 10.1 Å². The van der Waals surface area contributed by atoms with Crippen molar-refractivity contribution in [1.82, 2.24) is 10.2 Å². The maximum Gasteiger partial charge on any atom is 0.336 e. The van der Waals surface area contributed by atoms with E-state index in [2.05, 4.69) is 17.3 Å². The highest BCUT2D eigenvalue weighted by atomic mass is 16.6. The number of hydrogen-bond donors (Lipinski definition) is 1. The van der Waals surface area contributed by atoms with E-state index in [1.54, 1.807) is 13.8 Å². The zero-order valence-electron chi connectivity index (χ0n) is 24.8. The third-order valence-corrected chi connectivity index (χ3v) is 6.97. The number of nitro groups is 1. The number of allylic oxidation sites excluding steroid dienone is 2. The number of benzene rings is 2. The molecule has 0 amide bonds. The van der Waals surface area contributed by atoms with Gasteiger partial charge in [-0.3, -0.25) is 10.1 Å². The second kappa shape index (κ2) is 15.6. The molecule has 1 heterocycles. The monoisotopic (exact) mass is 581 g/mol. The standard InChI is InChI=1S/C31H39N3O8/c1-21-27(30(35)39-4)29(28(22(2)32-21)31(36)40-5)25-20-23(34(37)38)14-15-26(25)42-18-10-9-16-33(3)17-11-19-41-24-12-7-6-8-13-24/h6-8,12-15,20,29,32H,9-11,16-19H2,1-5H3. The Balaban J connectivity index is 1.69. The van der Waals surface area contributed by atoms with Crippen molar-refractivity contribution in [2.75, 3.05) is 47.6 Å². The Hall–Kier alpha value is -4.38. The maximum absolute atomic E-state index is 12.9. The average molecular weight is 582 g/mol. The molecule has 0 aliphatic carbocycles. The lowest BCUT2D eigenvalue weighted by molar-refractivity contribution is -0.384. The van der Waals surface area contributed by atoms with Gasteiger partial charge in [-0.25, -0.2) is 9.59 Å². The molecular formula is C31H39N3O8. The number of esters is 2. The molecule has 0 radical (unpaired) electrons. The lowest BCUT2D eigenvalue weighted by Crippen LogP contribution is -2.32. The molecule has 0 saturated carbocycles. The Morgan fingerprint density at radius 3 is 2.07 bits per heavy atom. The van der Waals surface area contributed by atoms with Crippen molar-refractivity contribution in [2.24, 2.45) is 0 Å². The van der Waals surface area contributed by atoms with E-state index < -0.39 is 22.8 Å². The van der Waals surface area contributed by atoms with Gasteiger partial charge >= 0.3 is 11.9 Å². The van der Waals surface area contributed by atoms with E-state index in [0.29, 0.717) is 35.9 Å². The van der Waals surface area contributed by atoms with Gasteiger partial charge in [-0.05, 0) is 64.9 Å². The predicted octanol–water partition coefficient (Wildman–Crippen LogP) is 4.74. The molecule has 0 saturated heterocycles. The van der Waals surface area contributed by atoms with Crippen molar-refractivity contribution >= 4 is 17.6 Å². The fourth-order valence-corrected chi connectivity index (χ4v) is 4.89. The van der Waals surface area contributed by atoms with E-state index in [4.69, 9.17) is 18.9 Å². The van der Waals surface area contributed by atoms with E-state index >= 15 is 0 Å². The van der Waals surface area contributed by atoms with Gasteiger partial charge in [0.2, 0.25) is 0 Å². The van der Waals surface area contributed by atoms with Crippen molar-refractivity contribution in [3.8, 4) is 11.5 Å². The summed E-state index contributed by atoms with van der Waals surface area (Å²) in [4.78, 5) is 39.2. The van der Waals surface area contributed by atoms with E-state index in [-0.39, 0.29) is 16.8 Å². The van der Waals surface area contributed by atoms with Crippen LogP contribution in [0.2, 0.25) is 0 Å². The van der Waals surface area contributed by atoms with E-state index in [1.165, 1.54) is 32.4 Å². The van der Waals surface area contributed by atoms with E-state index in [0.717, 1.165) is 38.1 Å². The molecule has 11 nitrogen and oxygen atoms in total. The van der Waals surface area contributed by atoms with Gasteiger partial charge in [-0.15, -0.1) is 0 Å². The number of unbranched alkanes of at least 4 members (excludes halogenated alkanes) is 1. The number of nitrogens with one attached hydrogen (secondary N) is 1. The number of carbonyl (C=O) groups excluding carboxylic acids is 2. The van der Waals surface area contributed by atoms with Crippen molar-refractivity contribution in [3.05, 3.63) is 86.7 Å². The molecule has 1 aliphatic heterocycles. The third kappa shape index (κ3) is 8.32. The van der Waals surface area contributed by atoms with Gasteiger partial charge in [0.05, 0.1) is 49.4 Å². The Morgan fingerprint density at radius 2 is 1.48 bits per heavy atom. The van der Waals surface area contributed by atoms with Crippen LogP contribution >= 0.6 is 0 Å². The number of ether oxygens (including phenoxy) is 4. The molecule has 42 heavy (non-hydrogen) atoms. The summed E-state index contributed by atoms with van der Waals surface area (Å²) in [5.74, 6) is -1.14. The molecule has 2 aromatic carbocycles. The first kappa shape index (κ1) is 32.1. The smallest absolute Gasteiger partial charge is 0.336 e. The molecule has 0 unspecified atom stereocenters. The second-order valence-electron chi connectivity index (χ2n) is 9.97. The van der Waals surface area contributed by atoms with Gasteiger partial charge in [0.25, 0.3) is 5.69 Å². The number of nitro benzene ring substituents is 1. The molecule has 1 aliphatic rings. The summed E-state index contributed by atoms with van der Waals surface area (Å²) in [5, 5.41) is 14.7. The minimum Gasteiger partial charge on any atom is -0.494 e. The van der Waals surface area contributed by atoms with Crippen molar-refractivity contribution in [1.29, 1.82) is 0 Å². The molecule has 0 aromatic heterocycles. The number of non-ortho nitro benzene ring substituents is 1. The highest BCUT2D eigenvalue weighted by Gasteiger charge is 2.39. The maximum atomic E-state index is 12.9. The van der Waals surface area contributed by atoms with Crippen LogP contribution in [0.25, 0.3) is 0 Å². The normalized spacial score (nSPS) is 13.6. The fourth-order valence-electron chi connectivity index (χ4n) is 4.89. The van der Waals surface area contributed by atoms with Crippen LogP contribution in [-0.2, 0) is 19.1 Å². The Labute approximate surface area is 246 Å². The summed E-state index contributed by atoms with van der Waals surface area (Å²) in [7, 11) is 4.53. The van der Waals surface area contributed by atoms with Gasteiger partial charge < -0.3 is 29.2 Å². The first-order valence-corrected chi connectivity index (χ1v) is 13.8. The van der Waals surface area contributed by atoms with E-state index in [9.17, 15) is 19.7 Å². The van der Waals surface area contributed by atoms with Crippen LogP contribution in [0.5, 0.6) is 11.5 Å². The number of carbonyl (C=O) groups is 2. The van der Waals surface area contributed by atoms with Crippen LogP contribution < -0.4 is 14.8 Å². The Kier molecular flexibility index (Phi) is 11.9. The highest BCUT2D eigenvalue weighted by molar-refractivity contribution is 6.00. The highest BCUT2D eigenvalue weighted by Crippen LogP contribution is 2.44. The third-order valence-electron chi connectivity index (χ3n) is 6.97. The van der Waals surface area contributed by atoms with Crippen molar-refractivity contribution < 1.29 is 33.5 Å². The van der Waals surface area contributed by atoms with Crippen LogP contribution in [0.1, 0.15) is 44.6 Å². The number of hydrogen-bond acceptors (Lipinski definition) is 10. The first-order chi connectivity index (χ1) is 20.2. The molecule has 0 bridgehead atoms. The average Bonchev–Trinajstić information content (AvgIpc) is 2.98. The summed E-state index contributed by atoms with van der Waals surface area (Å²) < 4.78 is 21.9. The number of methoxy groups -OCH3 is 2. The SMILES string of the molecule is COC(=O)C1=C(C)NC(C)=C(C(=O)OC)C1c1cc([N+](=O)[O-])ccc1OCCCCN(C)CCCOc1ccccc1. The fraction of sp³-hybridized carbons (Fsp3) is 0.419. The lowest BCUT2D eigenvalue weighted by Gasteiger charge is -2.30. The first-order valence-electron chi connectivity index (χ1n) is 13.8. The molecule has 3 rings (SSSR count). The van der Waals surface area contributed by atoms with Gasteiger partial charge in [0.15, 0.2) is 0 Å². The summed E-state index contributed by atoms with van der Waals surface area (Å²) in [6, 6.07) is 13.9.